The van der Waals surface area contributed by atoms with Gasteiger partial charge in [0.25, 0.3) is 0 Å². The van der Waals surface area contributed by atoms with Crippen LogP contribution in [0.4, 0.5) is 4.39 Å². The standard InChI is InChI=1S/C14H17FN2O3/c15-12-2-1-3-13(16-12)20-11-4-6-17(8-11)14(18)10-5-7-19-9-10/h1-3,10-11H,4-9H2. The summed E-state index contributed by atoms with van der Waals surface area (Å²) in [5.41, 5.74) is 0. The largest absolute Gasteiger partial charge is 0.472 e. The molecule has 6 heteroatoms. The first kappa shape index (κ1) is 13.3. The Morgan fingerprint density at radius 3 is 3.10 bits per heavy atom. The quantitative estimate of drug-likeness (QED) is 0.782. The molecular weight excluding hydrogens is 263 g/mol. The van der Waals surface area contributed by atoms with E-state index in [4.69, 9.17) is 9.47 Å². The number of carbonyl (C=O) groups excluding carboxylic acids is 1. The summed E-state index contributed by atoms with van der Waals surface area (Å²) in [4.78, 5) is 17.7. The Bertz CT molecular complexity index is 491. The van der Waals surface area contributed by atoms with E-state index >= 15 is 0 Å². The van der Waals surface area contributed by atoms with Crippen molar-refractivity contribution < 1.29 is 18.7 Å². The second-order valence-corrected chi connectivity index (χ2v) is 5.17. The predicted octanol–water partition coefficient (Wildman–Crippen LogP) is 1.24. The Balaban J connectivity index is 1.55. The number of hydrogen-bond acceptors (Lipinski definition) is 4. The maximum Gasteiger partial charge on any atom is 0.228 e. The van der Waals surface area contributed by atoms with Crippen LogP contribution in [0.15, 0.2) is 18.2 Å². The molecule has 2 atom stereocenters. The van der Waals surface area contributed by atoms with Crippen molar-refractivity contribution in [2.75, 3.05) is 26.3 Å². The lowest BCUT2D eigenvalue weighted by molar-refractivity contribution is -0.134. The number of pyridine rings is 1. The summed E-state index contributed by atoms with van der Waals surface area (Å²) >= 11 is 0. The number of aromatic nitrogens is 1. The summed E-state index contributed by atoms with van der Waals surface area (Å²) in [5.74, 6) is -0.160. The normalized spacial score (nSPS) is 25.9. The molecule has 0 aromatic carbocycles. The third-order valence-corrected chi connectivity index (χ3v) is 3.71. The van der Waals surface area contributed by atoms with Crippen LogP contribution in [-0.2, 0) is 9.53 Å². The average Bonchev–Trinajstić information content (AvgIpc) is 3.09. The summed E-state index contributed by atoms with van der Waals surface area (Å²) in [6, 6.07) is 4.46. The van der Waals surface area contributed by atoms with E-state index in [0.29, 0.717) is 26.3 Å². The van der Waals surface area contributed by atoms with Gasteiger partial charge in [-0.2, -0.15) is 9.37 Å². The summed E-state index contributed by atoms with van der Waals surface area (Å²) < 4.78 is 23.8. The van der Waals surface area contributed by atoms with Crippen LogP contribution in [0, 0.1) is 11.9 Å². The molecule has 20 heavy (non-hydrogen) atoms. The van der Waals surface area contributed by atoms with Crippen molar-refractivity contribution >= 4 is 5.91 Å². The molecule has 0 N–H and O–H groups in total. The molecule has 0 bridgehead atoms. The number of likely N-dealkylation sites (tertiary alicyclic amines) is 1. The van der Waals surface area contributed by atoms with Gasteiger partial charge in [0, 0.05) is 25.6 Å². The van der Waals surface area contributed by atoms with Crippen molar-refractivity contribution in [3.8, 4) is 5.88 Å². The van der Waals surface area contributed by atoms with E-state index in [1.807, 2.05) is 4.90 Å². The van der Waals surface area contributed by atoms with Crippen LogP contribution >= 0.6 is 0 Å². The van der Waals surface area contributed by atoms with Crippen molar-refractivity contribution in [1.29, 1.82) is 0 Å². The first-order chi connectivity index (χ1) is 9.72. The molecule has 0 saturated carbocycles. The molecule has 0 aliphatic carbocycles. The monoisotopic (exact) mass is 280 g/mol. The smallest absolute Gasteiger partial charge is 0.228 e. The molecule has 1 amide bonds. The fraction of sp³-hybridized carbons (Fsp3) is 0.571. The molecule has 2 aliphatic heterocycles. The number of rotatable bonds is 3. The molecule has 5 nitrogen and oxygen atoms in total. The van der Waals surface area contributed by atoms with Crippen LogP contribution in [-0.4, -0.2) is 48.2 Å². The number of halogens is 1. The lowest BCUT2D eigenvalue weighted by atomic mass is 10.1. The Kier molecular flexibility index (Phi) is 3.82. The Morgan fingerprint density at radius 1 is 1.45 bits per heavy atom. The fourth-order valence-electron chi connectivity index (χ4n) is 2.64. The molecule has 2 aliphatic rings. The van der Waals surface area contributed by atoms with Gasteiger partial charge in [0.1, 0.15) is 6.10 Å². The van der Waals surface area contributed by atoms with Crippen LogP contribution in [0.3, 0.4) is 0 Å². The van der Waals surface area contributed by atoms with E-state index in [9.17, 15) is 9.18 Å². The van der Waals surface area contributed by atoms with E-state index in [2.05, 4.69) is 4.98 Å². The van der Waals surface area contributed by atoms with E-state index in [1.54, 1.807) is 12.1 Å². The van der Waals surface area contributed by atoms with Gasteiger partial charge in [0.05, 0.1) is 19.1 Å². The van der Waals surface area contributed by atoms with Crippen molar-refractivity contribution in [3.05, 3.63) is 24.1 Å². The third kappa shape index (κ3) is 2.90. The lowest BCUT2D eigenvalue weighted by Gasteiger charge is -2.19. The zero-order valence-corrected chi connectivity index (χ0v) is 11.1. The van der Waals surface area contributed by atoms with Crippen molar-refractivity contribution in [3.63, 3.8) is 0 Å². The maximum atomic E-state index is 13.0. The Labute approximate surface area is 116 Å². The first-order valence-electron chi connectivity index (χ1n) is 6.88. The summed E-state index contributed by atoms with van der Waals surface area (Å²) in [7, 11) is 0. The van der Waals surface area contributed by atoms with Crippen LogP contribution in [0.2, 0.25) is 0 Å². The second-order valence-electron chi connectivity index (χ2n) is 5.17. The Morgan fingerprint density at radius 2 is 2.35 bits per heavy atom. The van der Waals surface area contributed by atoms with Crippen LogP contribution in [0.25, 0.3) is 0 Å². The maximum absolute atomic E-state index is 13.0. The minimum atomic E-state index is -0.559. The highest BCUT2D eigenvalue weighted by Crippen LogP contribution is 2.21. The van der Waals surface area contributed by atoms with Gasteiger partial charge in [-0.3, -0.25) is 4.79 Å². The molecule has 2 fully saturated rings. The Hall–Kier alpha value is -1.69. The molecule has 1 aromatic rings. The molecule has 0 radical (unpaired) electrons. The highest BCUT2D eigenvalue weighted by molar-refractivity contribution is 5.79. The van der Waals surface area contributed by atoms with Gasteiger partial charge >= 0.3 is 0 Å². The van der Waals surface area contributed by atoms with Crippen LogP contribution < -0.4 is 4.74 Å². The topological polar surface area (TPSA) is 51.7 Å². The molecule has 3 rings (SSSR count). The number of hydrogen-bond donors (Lipinski definition) is 0. The van der Waals surface area contributed by atoms with Gasteiger partial charge in [-0.15, -0.1) is 0 Å². The molecule has 2 saturated heterocycles. The fourth-order valence-corrected chi connectivity index (χ4v) is 2.64. The average molecular weight is 280 g/mol. The molecule has 3 heterocycles. The number of ether oxygens (including phenoxy) is 2. The van der Waals surface area contributed by atoms with Crippen molar-refractivity contribution in [2.45, 2.75) is 18.9 Å². The lowest BCUT2D eigenvalue weighted by Crippen LogP contribution is -2.36. The highest BCUT2D eigenvalue weighted by Gasteiger charge is 2.33. The SMILES string of the molecule is O=C(C1CCOC1)N1CCC(Oc2cccc(F)n2)C1. The number of amides is 1. The minimum Gasteiger partial charge on any atom is -0.472 e. The van der Waals surface area contributed by atoms with Gasteiger partial charge in [-0.05, 0) is 12.5 Å². The minimum absolute atomic E-state index is 0.0129. The van der Waals surface area contributed by atoms with E-state index < -0.39 is 5.95 Å². The summed E-state index contributed by atoms with van der Waals surface area (Å²) in [6.45, 7) is 2.40. The number of carbonyl (C=O) groups is 1. The first-order valence-corrected chi connectivity index (χ1v) is 6.88. The van der Waals surface area contributed by atoms with E-state index in [-0.39, 0.29) is 23.8 Å². The van der Waals surface area contributed by atoms with Crippen LogP contribution in [0.1, 0.15) is 12.8 Å². The molecular formula is C14H17FN2O3. The third-order valence-electron chi connectivity index (χ3n) is 3.71. The van der Waals surface area contributed by atoms with Crippen LogP contribution in [0.5, 0.6) is 5.88 Å². The zero-order valence-electron chi connectivity index (χ0n) is 11.1. The molecule has 0 spiro atoms. The van der Waals surface area contributed by atoms with Gasteiger partial charge in [0.2, 0.25) is 17.7 Å². The van der Waals surface area contributed by atoms with E-state index in [1.165, 1.54) is 6.07 Å². The second kappa shape index (κ2) is 5.75. The van der Waals surface area contributed by atoms with Gasteiger partial charge < -0.3 is 14.4 Å². The molecule has 108 valence electrons. The summed E-state index contributed by atoms with van der Waals surface area (Å²) in [6.07, 6.45) is 1.43. The van der Waals surface area contributed by atoms with Gasteiger partial charge in [-0.1, -0.05) is 6.07 Å². The van der Waals surface area contributed by atoms with E-state index in [0.717, 1.165) is 12.8 Å². The van der Waals surface area contributed by atoms with Gasteiger partial charge in [-0.25, -0.2) is 0 Å². The van der Waals surface area contributed by atoms with Crippen molar-refractivity contribution in [2.24, 2.45) is 5.92 Å². The highest BCUT2D eigenvalue weighted by atomic mass is 19.1. The predicted molar refractivity (Wildman–Crippen MR) is 68.7 cm³/mol. The van der Waals surface area contributed by atoms with Gasteiger partial charge in [0.15, 0.2) is 0 Å². The molecule has 1 aromatic heterocycles. The molecule has 2 unspecified atom stereocenters. The van der Waals surface area contributed by atoms with Crippen molar-refractivity contribution in [1.82, 2.24) is 9.88 Å². The zero-order chi connectivity index (χ0) is 13.9. The number of nitrogens with zero attached hydrogens (tertiary/aromatic N) is 2. The summed E-state index contributed by atoms with van der Waals surface area (Å²) in [5, 5.41) is 0.